The zero-order valence-corrected chi connectivity index (χ0v) is 8.65. The summed E-state index contributed by atoms with van der Waals surface area (Å²) in [6.07, 6.45) is 7.91. The summed E-state index contributed by atoms with van der Waals surface area (Å²) in [4.78, 5) is 13.7. The van der Waals surface area contributed by atoms with Crippen LogP contribution < -0.4 is 5.73 Å². The predicted octanol–water partition coefficient (Wildman–Crippen LogP) is 0.901. The Hall–Kier alpha value is -0.830. The van der Waals surface area contributed by atoms with Gasteiger partial charge in [0.2, 0.25) is 5.91 Å². The van der Waals surface area contributed by atoms with Gasteiger partial charge in [0.1, 0.15) is 0 Å². The van der Waals surface area contributed by atoms with Crippen LogP contribution in [0.4, 0.5) is 0 Å². The molecule has 2 N–H and O–H groups in total. The van der Waals surface area contributed by atoms with Crippen LogP contribution in [0, 0.1) is 5.92 Å². The summed E-state index contributed by atoms with van der Waals surface area (Å²) in [5.41, 5.74) is 5.62. The standard InChI is InChI=1S/C11H18N2O/c1-8(12)11(14)13-7-6-9-4-2-3-5-10(9)13/h3,5,8-10H,2,4,6-7,12H2,1H3/t8-,9?,10?/m0/s1. The lowest BCUT2D eigenvalue weighted by molar-refractivity contribution is -0.132. The number of hydrogen-bond donors (Lipinski definition) is 1. The second kappa shape index (κ2) is 3.73. The van der Waals surface area contributed by atoms with Gasteiger partial charge in [-0.05, 0) is 32.1 Å². The molecular weight excluding hydrogens is 176 g/mol. The smallest absolute Gasteiger partial charge is 0.239 e. The number of fused-ring (bicyclic) bond motifs is 1. The van der Waals surface area contributed by atoms with E-state index < -0.39 is 0 Å². The Kier molecular flexibility index (Phi) is 2.59. The highest BCUT2D eigenvalue weighted by molar-refractivity contribution is 5.82. The fraction of sp³-hybridized carbons (Fsp3) is 0.727. The molecule has 0 aromatic rings. The van der Waals surface area contributed by atoms with E-state index in [1.54, 1.807) is 6.92 Å². The molecule has 2 aliphatic rings. The Morgan fingerprint density at radius 1 is 1.57 bits per heavy atom. The minimum atomic E-state index is -0.357. The van der Waals surface area contributed by atoms with E-state index in [4.69, 9.17) is 5.73 Å². The highest BCUT2D eigenvalue weighted by atomic mass is 16.2. The minimum absolute atomic E-state index is 0.101. The summed E-state index contributed by atoms with van der Waals surface area (Å²) in [6, 6.07) is -0.0219. The number of nitrogens with zero attached hydrogens (tertiary/aromatic N) is 1. The van der Waals surface area contributed by atoms with E-state index in [9.17, 15) is 4.79 Å². The molecule has 0 radical (unpaired) electrons. The maximum Gasteiger partial charge on any atom is 0.239 e. The monoisotopic (exact) mass is 194 g/mol. The lowest BCUT2D eigenvalue weighted by Crippen LogP contribution is -2.45. The highest BCUT2D eigenvalue weighted by Crippen LogP contribution is 2.32. The third-order valence-corrected chi connectivity index (χ3v) is 3.29. The maximum atomic E-state index is 11.8. The second-order valence-corrected chi connectivity index (χ2v) is 4.37. The Morgan fingerprint density at radius 2 is 2.36 bits per heavy atom. The number of carbonyl (C=O) groups is 1. The lowest BCUT2D eigenvalue weighted by Gasteiger charge is -2.29. The molecule has 2 rings (SSSR count). The zero-order valence-electron chi connectivity index (χ0n) is 8.65. The number of carbonyl (C=O) groups excluding carboxylic acids is 1. The molecule has 0 bridgehead atoms. The van der Waals surface area contributed by atoms with Crippen LogP contribution in [0.2, 0.25) is 0 Å². The van der Waals surface area contributed by atoms with E-state index in [0.29, 0.717) is 12.0 Å². The first-order valence-electron chi connectivity index (χ1n) is 5.43. The van der Waals surface area contributed by atoms with Crippen molar-refractivity contribution in [2.75, 3.05) is 6.54 Å². The maximum absolute atomic E-state index is 11.8. The van der Waals surface area contributed by atoms with Gasteiger partial charge < -0.3 is 10.6 Å². The molecule has 1 heterocycles. The van der Waals surface area contributed by atoms with Crippen LogP contribution in [0.1, 0.15) is 26.2 Å². The number of allylic oxidation sites excluding steroid dienone is 1. The first-order chi connectivity index (χ1) is 6.70. The molecule has 1 amide bonds. The van der Waals surface area contributed by atoms with Crippen LogP contribution in [0.3, 0.4) is 0 Å². The second-order valence-electron chi connectivity index (χ2n) is 4.37. The molecule has 0 aromatic heterocycles. The van der Waals surface area contributed by atoms with E-state index in [2.05, 4.69) is 12.2 Å². The summed E-state index contributed by atoms with van der Waals surface area (Å²) in [5.74, 6) is 0.784. The highest BCUT2D eigenvalue weighted by Gasteiger charge is 2.36. The molecule has 1 aliphatic heterocycles. The normalized spacial score (nSPS) is 32.9. The lowest BCUT2D eigenvalue weighted by atomic mass is 9.90. The zero-order chi connectivity index (χ0) is 10.1. The molecular formula is C11H18N2O. The van der Waals surface area contributed by atoms with Crippen LogP contribution in [0.15, 0.2) is 12.2 Å². The molecule has 0 saturated carbocycles. The molecule has 1 fully saturated rings. The Morgan fingerprint density at radius 3 is 3.07 bits per heavy atom. The SMILES string of the molecule is C[C@H](N)C(=O)N1CCC2CCC=CC21. The first kappa shape index (κ1) is 9.71. The van der Waals surface area contributed by atoms with Gasteiger partial charge in [-0.1, -0.05) is 12.2 Å². The fourth-order valence-corrected chi connectivity index (χ4v) is 2.52. The van der Waals surface area contributed by atoms with E-state index in [0.717, 1.165) is 13.0 Å². The average Bonchev–Trinajstić information content (AvgIpc) is 2.60. The Labute approximate surface area is 84.9 Å². The van der Waals surface area contributed by atoms with Gasteiger partial charge in [-0.15, -0.1) is 0 Å². The molecule has 1 saturated heterocycles. The van der Waals surface area contributed by atoms with E-state index in [-0.39, 0.29) is 11.9 Å². The number of likely N-dealkylation sites (tertiary alicyclic amines) is 1. The van der Waals surface area contributed by atoms with Crippen molar-refractivity contribution in [1.82, 2.24) is 4.90 Å². The summed E-state index contributed by atoms with van der Waals surface area (Å²) in [5, 5.41) is 0. The average molecular weight is 194 g/mol. The van der Waals surface area contributed by atoms with Crippen LogP contribution in [-0.4, -0.2) is 29.4 Å². The molecule has 78 valence electrons. The quantitative estimate of drug-likeness (QED) is 0.630. The molecule has 0 aromatic carbocycles. The van der Waals surface area contributed by atoms with Crippen molar-refractivity contribution in [2.24, 2.45) is 11.7 Å². The van der Waals surface area contributed by atoms with Gasteiger partial charge >= 0.3 is 0 Å². The molecule has 3 atom stereocenters. The third-order valence-electron chi connectivity index (χ3n) is 3.29. The fourth-order valence-electron chi connectivity index (χ4n) is 2.52. The summed E-state index contributed by atoms with van der Waals surface area (Å²) in [7, 11) is 0. The van der Waals surface area contributed by atoms with Crippen LogP contribution in [0.5, 0.6) is 0 Å². The molecule has 0 spiro atoms. The van der Waals surface area contributed by atoms with Crippen molar-refractivity contribution < 1.29 is 4.79 Å². The third kappa shape index (κ3) is 1.57. The van der Waals surface area contributed by atoms with Crippen LogP contribution in [0.25, 0.3) is 0 Å². The summed E-state index contributed by atoms with van der Waals surface area (Å²) >= 11 is 0. The van der Waals surface area contributed by atoms with Crippen LogP contribution >= 0.6 is 0 Å². The summed E-state index contributed by atoms with van der Waals surface area (Å²) in [6.45, 7) is 2.66. The number of amides is 1. The van der Waals surface area contributed by atoms with Gasteiger partial charge in [0.05, 0.1) is 12.1 Å². The molecule has 2 unspecified atom stereocenters. The number of rotatable bonds is 1. The number of hydrogen-bond acceptors (Lipinski definition) is 2. The van der Waals surface area contributed by atoms with Gasteiger partial charge in [-0.2, -0.15) is 0 Å². The van der Waals surface area contributed by atoms with Crippen molar-refractivity contribution in [3.63, 3.8) is 0 Å². The van der Waals surface area contributed by atoms with Gasteiger partial charge in [0.25, 0.3) is 0 Å². The van der Waals surface area contributed by atoms with E-state index in [1.807, 2.05) is 4.90 Å². The Balaban J connectivity index is 2.10. The van der Waals surface area contributed by atoms with Gasteiger partial charge in [-0.3, -0.25) is 4.79 Å². The van der Waals surface area contributed by atoms with Crippen molar-refractivity contribution in [3.8, 4) is 0 Å². The van der Waals surface area contributed by atoms with Crippen LogP contribution in [-0.2, 0) is 4.79 Å². The van der Waals surface area contributed by atoms with Crippen molar-refractivity contribution >= 4 is 5.91 Å². The first-order valence-corrected chi connectivity index (χ1v) is 5.43. The molecule has 14 heavy (non-hydrogen) atoms. The van der Waals surface area contributed by atoms with Gasteiger partial charge in [-0.25, -0.2) is 0 Å². The Bertz CT molecular complexity index is 260. The summed E-state index contributed by atoms with van der Waals surface area (Å²) < 4.78 is 0. The predicted molar refractivity (Wildman–Crippen MR) is 55.6 cm³/mol. The van der Waals surface area contributed by atoms with E-state index in [1.165, 1.54) is 12.8 Å². The molecule has 1 aliphatic carbocycles. The van der Waals surface area contributed by atoms with Crippen molar-refractivity contribution in [1.29, 1.82) is 0 Å². The minimum Gasteiger partial charge on any atom is -0.335 e. The molecule has 3 heteroatoms. The van der Waals surface area contributed by atoms with E-state index >= 15 is 0 Å². The van der Waals surface area contributed by atoms with Gasteiger partial charge in [0, 0.05) is 6.54 Å². The van der Waals surface area contributed by atoms with Gasteiger partial charge in [0.15, 0.2) is 0 Å². The largest absolute Gasteiger partial charge is 0.335 e. The number of nitrogens with two attached hydrogens (primary N) is 1. The molecule has 3 nitrogen and oxygen atoms in total. The topological polar surface area (TPSA) is 46.3 Å². The van der Waals surface area contributed by atoms with Crippen molar-refractivity contribution in [3.05, 3.63) is 12.2 Å². The van der Waals surface area contributed by atoms with Crippen molar-refractivity contribution in [2.45, 2.75) is 38.3 Å².